The van der Waals surface area contributed by atoms with Gasteiger partial charge in [0.15, 0.2) is 29.8 Å². The fraction of sp³-hybridized carbons (Fsp3) is 0.440. The van der Waals surface area contributed by atoms with Crippen molar-refractivity contribution in [2.45, 2.75) is 58.4 Å². The average Bonchev–Trinajstić information content (AvgIpc) is 2.85. The van der Waals surface area contributed by atoms with E-state index in [9.17, 15) is 28.8 Å². The van der Waals surface area contributed by atoms with Crippen LogP contribution in [0.2, 0.25) is 0 Å². The van der Waals surface area contributed by atoms with Crippen LogP contribution in [-0.4, -0.2) is 80.7 Å². The summed E-state index contributed by atoms with van der Waals surface area (Å²) in [5.74, 6) is -5.23. The third kappa shape index (κ3) is 8.81. The van der Waals surface area contributed by atoms with Gasteiger partial charge in [0.25, 0.3) is 0 Å². The molecule has 0 N–H and O–H groups in total. The van der Waals surface area contributed by atoms with E-state index in [-0.39, 0.29) is 11.5 Å². The van der Waals surface area contributed by atoms with Crippen molar-refractivity contribution < 1.29 is 66.7 Å². The van der Waals surface area contributed by atoms with E-state index >= 15 is 0 Å². The van der Waals surface area contributed by atoms with Gasteiger partial charge < -0.3 is 37.9 Å². The minimum atomic E-state index is -1.69. The first-order valence-electron chi connectivity index (χ1n) is 11.4. The van der Waals surface area contributed by atoms with Crippen LogP contribution >= 0.6 is 0 Å². The predicted octanol–water partition coefficient (Wildman–Crippen LogP) is 0.870. The first kappa shape index (κ1) is 30.8. The SMILES string of the molecule is COC(=O)/C=C/c1ccc(OC(C)=O)c(O[C@@H]2O[C@H](C(=O)OC)[C@@H](OC(C)=O)[C@H](OC(C)=O)[C@H]2OC(C)=O)c1. The molecule has 0 radical (unpaired) electrons. The van der Waals surface area contributed by atoms with Gasteiger partial charge in [-0.15, -0.1) is 0 Å². The quantitative estimate of drug-likeness (QED) is 0.182. The number of hydrogen-bond acceptors (Lipinski definition) is 14. The Morgan fingerprint density at radius 3 is 1.87 bits per heavy atom. The van der Waals surface area contributed by atoms with Gasteiger partial charge in [-0.2, -0.15) is 0 Å². The highest BCUT2D eigenvalue weighted by atomic mass is 16.7. The number of carbonyl (C=O) groups is 6. The number of benzene rings is 1. The van der Waals surface area contributed by atoms with Crippen LogP contribution in [0, 0.1) is 0 Å². The fourth-order valence-electron chi connectivity index (χ4n) is 3.49. The molecule has 0 aromatic heterocycles. The first-order valence-corrected chi connectivity index (χ1v) is 11.4. The molecule has 2 rings (SSSR count). The molecule has 39 heavy (non-hydrogen) atoms. The maximum Gasteiger partial charge on any atom is 0.339 e. The molecular formula is C25H28O14. The van der Waals surface area contributed by atoms with Crippen LogP contribution in [0.25, 0.3) is 6.08 Å². The summed E-state index contributed by atoms with van der Waals surface area (Å²) in [5.41, 5.74) is 0.380. The molecule has 1 aromatic rings. The van der Waals surface area contributed by atoms with Crippen LogP contribution in [0.5, 0.6) is 11.5 Å². The molecule has 1 heterocycles. The maximum absolute atomic E-state index is 12.6. The van der Waals surface area contributed by atoms with Crippen LogP contribution in [0.3, 0.4) is 0 Å². The first-order chi connectivity index (χ1) is 18.4. The molecular weight excluding hydrogens is 524 g/mol. The van der Waals surface area contributed by atoms with E-state index in [1.165, 1.54) is 31.4 Å². The van der Waals surface area contributed by atoms with Crippen molar-refractivity contribution in [1.82, 2.24) is 0 Å². The zero-order valence-electron chi connectivity index (χ0n) is 22.0. The fourth-order valence-corrected chi connectivity index (χ4v) is 3.49. The second kappa shape index (κ2) is 13.9. The Balaban J connectivity index is 2.63. The Morgan fingerprint density at radius 2 is 1.33 bits per heavy atom. The summed E-state index contributed by atoms with van der Waals surface area (Å²) in [6.45, 7) is 4.28. The topological polar surface area (TPSA) is 176 Å². The molecule has 14 heteroatoms. The lowest BCUT2D eigenvalue weighted by Crippen LogP contribution is -2.64. The molecule has 0 unspecified atom stereocenters. The zero-order chi connectivity index (χ0) is 29.3. The van der Waals surface area contributed by atoms with Gasteiger partial charge in [-0.05, 0) is 23.8 Å². The van der Waals surface area contributed by atoms with Crippen LogP contribution < -0.4 is 9.47 Å². The molecule has 0 spiro atoms. The largest absolute Gasteiger partial charge is 0.467 e. The number of rotatable bonds is 9. The number of methoxy groups -OCH3 is 2. The molecule has 1 aliphatic heterocycles. The van der Waals surface area contributed by atoms with E-state index in [4.69, 9.17) is 33.2 Å². The lowest BCUT2D eigenvalue weighted by Gasteiger charge is -2.43. The summed E-state index contributed by atoms with van der Waals surface area (Å²) in [7, 11) is 2.24. The summed E-state index contributed by atoms with van der Waals surface area (Å²) in [5, 5.41) is 0. The molecule has 14 nitrogen and oxygen atoms in total. The van der Waals surface area contributed by atoms with E-state index in [0.29, 0.717) is 5.56 Å². The Bertz CT molecular complexity index is 1140. The lowest BCUT2D eigenvalue weighted by atomic mass is 9.97. The lowest BCUT2D eigenvalue weighted by molar-refractivity contribution is -0.282. The molecule has 0 amide bonds. The average molecular weight is 552 g/mol. The van der Waals surface area contributed by atoms with Crippen molar-refractivity contribution in [1.29, 1.82) is 0 Å². The summed E-state index contributed by atoms with van der Waals surface area (Å²) in [6, 6.07) is 4.18. The van der Waals surface area contributed by atoms with Crippen molar-refractivity contribution in [2.75, 3.05) is 14.2 Å². The monoisotopic (exact) mass is 552 g/mol. The number of hydrogen-bond donors (Lipinski definition) is 0. The van der Waals surface area contributed by atoms with Crippen molar-refractivity contribution in [2.24, 2.45) is 0 Å². The summed E-state index contributed by atoms with van der Waals surface area (Å²) in [4.78, 5) is 71.6. The van der Waals surface area contributed by atoms with Crippen LogP contribution in [-0.2, 0) is 57.2 Å². The molecule has 0 bridgehead atoms. The van der Waals surface area contributed by atoms with Gasteiger partial charge in [0, 0.05) is 33.8 Å². The number of carbonyl (C=O) groups excluding carboxylic acids is 6. The highest BCUT2D eigenvalue weighted by Gasteiger charge is 2.56. The Morgan fingerprint density at radius 1 is 0.744 bits per heavy atom. The minimum Gasteiger partial charge on any atom is -0.467 e. The highest BCUT2D eigenvalue weighted by Crippen LogP contribution is 2.35. The van der Waals surface area contributed by atoms with Gasteiger partial charge >= 0.3 is 35.8 Å². The third-order valence-corrected chi connectivity index (χ3v) is 4.91. The molecule has 1 aromatic carbocycles. The molecule has 0 saturated carbocycles. The van der Waals surface area contributed by atoms with E-state index < -0.39 is 66.5 Å². The molecule has 0 aliphatic carbocycles. The van der Waals surface area contributed by atoms with E-state index in [1.807, 2.05) is 0 Å². The Kier molecular flexibility index (Phi) is 11.0. The second-order valence-electron chi connectivity index (χ2n) is 7.94. The number of esters is 6. The van der Waals surface area contributed by atoms with Crippen LogP contribution in [0.4, 0.5) is 0 Å². The summed E-state index contributed by atoms with van der Waals surface area (Å²) >= 11 is 0. The smallest absolute Gasteiger partial charge is 0.339 e. The number of ether oxygens (including phenoxy) is 8. The molecule has 1 saturated heterocycles. The van der Waals surface area contributed by atoms with Gasteiger partial charge in [-0.25, -0.2) is 9.59 Å². The molecule has 5 atom stereocenters. The molecule has 1 fully saturated rings. The Labute approximate surface area is 223 Å². The summed E-state index contributed by atoms with van der Waals surface area (Å²) in [6.07, 6.45) is -5.66. The van der Waals surface area contributed by atoms with Crippen molar-refractivity contribution in [3.63, 3.8) is 0 Å². The highest BCUT2D eigenvalue weighted by molar-refractivity contribution is 5.87. The zero-order valence-corrected chi connectivity index (χ0v) is 22.0. The Hall–Kier alpha value is -4.46. The predicted molar refractivity (Wildman–Crippen MR) is 127 cm³/mol. The van der Waals surface area contributed by atoms with E-state index in [1.54, 1.807) is 0 Å². The summed E-state index contributed by atoms with van der Waals surface area (Å²) < 4.78 is 41.9. The van der Waals surface area contributed by atoms with Crippen LogP contribution in [0.15, 0.2) is 24.3 Å². The van der Waals surface area contributed by atoms with Gasteiger partial charge in [-0.1, -0.05) is 6.07 Å². The van der Waals surface area contributed by atoms with Gasteiger partial charge in [0.1, 0.15) is 0 Å². The third-order valence-electron chi connectivity index (χ3n) is 4.91. The minimum absolute atomic E-state index is 0.108. The normalized spacial score (nSPS) is 22.3. The molecule has 212 valence electrons. The van der Waals surface area contributed by atoms with E-state index in [2.05, 4.69) is 4.74 Å². The second-order valence-corrected chi connectivity index (χ2v) is 7.94. The van der Waals surface area contributed by atoms with Gasteiger partial charge in [0.05, 0.1) is 14.2 Å². The molecule has 1 aliphatic rings. The van der Waals surface area contributed by atoms with Gasteiger partial charge in [0.2, 0.25) is 12.4 Å². The van der Waals surface area contributed by atoms with E-state index in [0.717, 1.165) is 40.9 Å². The van der Waals surface area contributed by atoms with Crippen molar-refractivity contribution in [3.05, 3.63) is 29.8 Å². The van der Waals surface area contributed by atoms with Gasteiger partial charge in [-0.3, -0.25) is 19.2 Å². The van der Waals surface area contributed by atoms with Crippen molar-refractivity contribution in [3.8, 4) is 11.5 Å². The maximum atomic E-state index is 12.6. The standard InChI is InChI=1S/C25H28O14/c1-12(26)34-17-9-7-16(8-10-19(30)32-5)11-18(17)38-25-23(37-15(4)29)21(36-14(3)28)20(35-13(2)27)22(39-25)24(31)33-6/h7-11,20-23,25H,1-6H3/b10-8+/t20-,21-,22-,23+,25+/m0/s1. The van der Waals surface area contributed by atoms with Crippen LogP contribution in [0.1, 0.15) is 33.3 Å². The van der Waals surface area contributed by atoms with Crippen molar-refractivity contribution >= 4 is 41.9 Å².